The molecule has 2 aromatic carbocycles. The highest BCUT2D eigenvalue weighted by Gasteiger charge is 2.13. The number of methoxy groups -OCH3 is 1. The number of ether oxygens (including phenoxy) is 2. The number of benzene rings is 2. The van der Waals surface area contributed by atoms with Crippen LogP contribution in [0.15, 0.2) is 75.8 Å². The number of hydrogen-bond donors (Lipinski definition) is 1. The van der Waals surface area contributed by atoms with Crippen LogP contribution in [0.1, 0.15) is 0 Å². The van der Waals surface area contributed by atoms with Crippen LogP contribution >= 0.6 is 11.3 Å². The highest BCUT2D eigenvalue weighted by molar-refractivity contribution is 7.14. The number of nitrogens with zero attached hydrogens (tertiary/aromatic N) is 1. The first-order chi connectivity index (χ1) is 14.2. The van der Waals surface area contributed by atoms with E-state index >= 15 is 0 Å². The first-order valence-electron chi connectivity index (χ1n) is 8.85. The van der Waals surface area contributed by atoms with Crippen molar-refractivity contribution in [3.8, 4) is 22.8 Å². The van der Waals surface area contributed by atoms with Crippen LogP contribution in [0, 0.1) is 0 Å². The van der Waals surface area contributed by atoms with E-state index in [0.717, 1.165) is 11.1 Å². The topological polar surface area (TPSA) is 73.6 Å². The van der Waals surface area contributed by atoms with Crippen molar-refractivity contribution < 1.29 is 13.9 Å². The van der Waals surface area contributed by atoms with Crippen molar-refractivity contribution in [2.45, 2.75) is 0 Å². The van der Waals surface area contributed by atoms with Gasteiger partial charge < -0.3 is 19.2 Å². The number of hydrogen-bond acceptors (Lipinski definition) is 7. The van der Waals surface area contributed by atoms with Crippen molar-refractivity contribution in [1.29, 1.82) is 0 Å². The van der Waals surface area contributed by atoms with Gasteiger partial charge in [0, 0.05) is 16.8 Å². The van der Waals surface area contributed by atoms with Crippen molar-refractivity contribution in [2.24, 2.45) is 0 Å². The third kappa shape index (κ3) is 4.00. The number of rotatable bonds is 7. The summed E-state index contributed by atoms with van der Waals surface area (Å²) in [6.07, 6.45) is 1.66. The largest absolute Gasteiger partial charge is 0.495 e. The highest BCUT2D eigenvalue weighted by atomic mass is 32.1. The number of thiazole rings is 1. The maximum atomic E-state index is 12.5. The average molecular weight is 406 g/mol. The van der Waals surface area contributed by atoms with Gasteiger partial charge in [0.2, 0.25) is 0 Å². The third-order valence-corrected chi connectivity index (χ3v) is 4.96. The molecule has 29 heavy (non-hydrogen) atoms. The van der Waals surface area contributed by atoms with Crippen molar-refractivity contribution in [2.75, 3.05) is 19.0 Å². The Balaban J connectivity index is 1.64. The monoisotopic (exact) mass is 406 g/mol. The molecule has 0 aliphatic rings. The minimum Gasteiger partial charge on any atom is -0.495 e. The summed E-state index contributed by atoms with van der Waals surface area (Å²) in [5.41, 5.74) is 1.76. The van der Waals surface area contributed by atoms with Crippen LogP contribution in [0.4, 0.5) is 10.8 Å². The number of nitrogens with one attached hydrogen (secondary N) is 1. The molecule has 0 bridgehead atoms. The van der Waals surface area contributed by atoms with E-state index in [2.05, 4.69) is 16.9 Å². The third-order valence-electron chi connectivity index (χ3n) is 4.20. The first-order valence-corrected chi connectivity index (χ1v) is 9.73. The molecular weight excluding hydrogens is 388 g/mol. The fourth-order valence-electron chi connectivity index (χ4n) is 2.83. The summed E-state index contributed by atoms with van der Waals surface area (Å²) >= 11 is 1.40. The standard InChI is InChI=1S/C22H18N2O4S/c1-3-10-27-15-9-8-14-11-16(21(25)28-20(14)12-15)18-13-29-22(24-18)23-17-6-4-5-7-19(17)26-2/h3-9,11-13H,1,10H2,2H3,(H,23,24). The lowest BCUT2D eigenvalue weighted by molar-refractivity contribution is 0.363. The van der Waals surface area contributed by atoms with Crippen LogP contribution < -0.4 is 20.4 Å². The Morgan fingerprint density at radius 2 is 2.10 bits per heavy atom. The van der Waals surface area contributed by atoms with Crippen molar-refractivity contribution in [3.63, 3.8) is 0 Å². The van der Waals surface area contributed by atoms with Gasteiger partial charge in [-0.2, -0.15) is 0 Å². The zero-order valence-electron chi connectivity index (χ0n) is 15.7. The Labute approximate surface area is 171 Å². The maximum absolute atomic E-state index is 12.5. The summed E-state index contributed by atoms with van der Waals surface area (Å²) in [7, 11) is 1.61. The van der Waals surface area contributed by atoms with Gasteiger partial charge in [-0.1, -0.05) is 24.8 Å². The molecule has 4 aromatic rings. The Morgan fingerprint density at radius 3 is 2.93 bits per heavy atom. The number of aromatic nitrogens is 1. The minimum atomic E-state index is -0.451. The highest BCUT2D eigenvalue weighted by Crippen LogP contribution is 2.31. The van der Waals surface area contributed by atoms with Gasteiger partial charge >= 0.3 is 5.63 Å². The number of anilines is 2. The van der Waals surface area contributed by atoms with Crippen LogP contribution in [0.5, 0.6) is 11.5 Å². The Morgan fingerprint density at radius 1 is 1.24 bits per heavy atom. The quantitative estimate of drug-likeness (QED) is 0.334. The van der Waals surface area contributed by atoms with Crippen molar-refractivity contribution in [3.05, 3.63) is 77.0 Å². The predicted molar refractivity (Wildman–Crippen MR) is 116 cm³/mol. The summed E-state index contributed by atoms with van der Waals surface area (Å²) < 4.78 is 16.3. The van der Waals surface area contributed by atoms with Gasteiger partial charge in [0.15, 0.2) is 5.13 Å². The van der Waals surface area contributed by atoms with Gasteiger partial charge in [-0.25, -0.2) is 9.78 Å². The molecule has 146 valence electrons. The molecule has 0 saturated carbocycles. The summed E-state index contributed by atoms with van der Waals surface area (Å²) in [5, 5.41) is 6.48. The van der Waals surface area contributed by atoms with E-state index in [1.54, 1.807) is 25.3 Å². The van der Waals surface area contributed by atoms with E-state index in [1.807, 2.05) is 41.8 Å². The lowest BCUT2D eigenvalue weighted by Gasteiger charge is -2.08. The molecule has 6 nitrogen and oxygen atoms in total. The molecule has 0 unspecified atom stereocenters. The molecule has 0 radical (unpaired) electrons. The summed E-state index contributed by atoms with van der Waals surface area (Å²) in [6, 6.07) is 14.7. The van der Waals surface area contributed by atoms with Gasteiger partial charge in [-0.05, 0) is 30.3 Å². The molecule has 2 heterocycles. The van der Waals surface area contributed by atoms with E-state index in [0.29, 0.717) is 40.1 Å². The van der Waals surface area contributed by atoms with Gasteiger partial charge in [-0.3, -0.25) is 0 Å². The second-order valence-corrected chi connectivity index (χ2v) is 6.97. The molecule has 0 fully saturated rings. The number of fused-ring (bicyclic) bond motifs is 1. The fourth-order valence-corrected chi connectivity index (χ4v) is 3.56. The zero-order chi connectivity index (χ0) is 20.2. The molecule has 0 amide bonds. The van der Waals surface area contributed by atoms with Crippen LogP contribution in [0.2, 0.25) is 0 Å². The predicted octanol–water partition coefficient (Wildman–Crippen LogP) is 5.23. The molecule has 2 aromatic heterocycles. The molecule has 0 aliphatic heterocycles. The normalized spacial score (nSPS) is 10.7. The molecule has 7 heteroatoms. The maximum Gasteiger partial charge on any atom is 0.345 e. The minimum absolute atomic E-state index is 0.384. The van der Waals surface area contributed by atoms with Gasteiger partial charge in [0.1, 0.15) is 23.7 Å². The molecule has 0 aliphatic carbocycles. The average Bonchev–Trinajstić information content (AvgIpc) is 3.20. The smallest absolute Gasteiger partial charge is 0.345 e. The zero-order valence-corrected chi connectivity index (χ0v) is 16.5. The summed E-state index contributed by atoms with van der Waals surface area (Å²) in [4.78, 5) is 17.1. The second-order valence-electron chi connectivity index (χ2n) is 6.11. The second kappa shape index (κ2) is 8.20. The van der Waals surface area contributed by atoms with E-state index in [-0.39, 0.29) is 0 Å². The lowest BCUT2D eigenvalue weighted by atomic mass is 10.1. The Kier molecular flexibility index (Phi) is 5.31. The van der Waals surface area contributed by atoms with Crippen LogP contribution in [0.25, 0.3) is 22.2 Å². The summed E-state index contributed by atoms with van der Waals surface area (Å²) in [6.45, 7) is 4.00. The molecule has 1 N–H and O–H groups in total. The lowest BCUT2D eigenvalue weighted by Crippen LogP contribution is -2.03. The fraction of sp³-hybridized carbons (Fsp3) is 0.0909. The number of para-hydroxylation sites is 2. The Bertz CT molecular complexity index is 1230. The summed E-state index contributed by atoms with van der Waals surface area (Å²) in [5.74, 6) is 1.33. The molecule has 0 spiro atoms. The van der Waals surface area contributed by atoms with Crippen LogP contribution in [-0.4, -0.2) is 18.7 Å². The van der Waals surface area contributed by atoms with E-state index in [1.165, 1.54) is 11.3 Å². The molecule has 0 atom stereocenters. The van der Waals surface area contributed by atoms with Crippen molar-refractivity contribution >= 4 is 33.1 Å². The van der Waals surface area contributed by atoms with E-state index in [4.69, 9.17) is 13.9 Å². The van der Waals surface area contributed by atoms with Gasteiger partial charge in [0.25, 0.3) is 0 Å². The molecular formula is C22H18N2O4S. The SMILES string of the molecule is C=CCOc1ccc2cc(-c3csc(Nc4ccccc4OC)n3)c(=O)oc2c1. The van der Waals surface area contributed by atoms with Crippen LogP contribution in [0.3, 0.4) is 0 Å². The first kappa shape index (κ1) is 18.8. The van der Waals surface area contributed by atoms with Gasteiger partial charge in [-0.15, -0.1) is 11.3 Å². The van der Waals surface area contributed by atoms with Crippen LogP contribution in [-0.2, 0) is 0 Å². The van der Waals surface area contributed by atoms with E-state index in [9.17, 15) is 4.79 Å². The molecule has 0 saturated heterocycles. The van der Waals surface area contributed by atoms with E-state index < -0.39 is 5.63 Å². The Hall–Kier alpha value is -3.58. The van der Waals surface area contributed by atoms with Gasteiger partial charge in [0.05, 0.1) is 24.1 Å². The molecule has 4 rings (SSSR count). The van der Waals surface area contributed by atoms with Crippen molar-refractivity contribution in [1.82, 2.24) is 4.98 Å².